The van der Waals surface area contributed by atoms with E-state index in [4.69, 9.17) is 14.2 Å². The van der Waals surface area contributed by atoms with Crippen molar-refractivity contribution in [3.05, 3.63) is 29.8 Å². The van der Waals surface area contributed by atoms with Crippen molar-refractivity contribution in [2.45, 2.75) is 59.1 Å². The molecule has 2 atom stereocenters. The van der Waals surface area contributed by atoms with E-state index in [0.29, 0.717) is 18.1 Å². The SMILES string of the molecule is CCCC(C)COc1ccc([C@@H](NC(=O)OC(C)(C)C)C(=O)OC)cc1. The van der Waals surface area contributed by atoms with Gasteiger partial charge in [-0.05, 0) is 50.8 Å². The van der Waals surface area contributed by atoms with Crippen molar-refractivity contribution in [3.63, 3.8) is 0 Å². The number of nitrogens with one attached hydrogen (secondary N) is 1. The largest absolute Gasteiger partial charge is 0.493 e. The lowest BCUT2D eigenvalue weighted by Crippen LogP contribution is -2.38. The lowest BCUT2D eigenvalue weighted by atomic mass is 10.1. The average Bonchev–Trinajstić information content (AvgIpc) is 2.56. The van der Waals surface area contributed by atoms with E-state index in [1.54, 1.807) is 45.0 Å². The Hall–Kier alpha value is -2.24. The van der Waals surface area contributed by atoms with Crippen LogP contribution in [0.3, 0.4) is 0 Å². The Balaban J connectivity index is 2.79. The van der Waals surface area contributed by atoms with Gasteiger partial charge in [-0.15, -0.1) is 0 Å². The smallest absolute Gasteiger partial charge is 0.408 e. The fraction of sp³-hybridized carbons (Fsp3) is 0.600. The molecule has 0 saturated heterocycles. The van der Waals surface area contributed by atoms with Gasteiger partial charge in [0.2, 0.25) is 0 Å². The summed E-state index contributed by atoms with van der Waals surface area (Å²) in [5, 5.41) is 2.55. The van der Waals surface area contributed by atoms with Crippen LogP contribution < -0.4 is 10.1 Å². The molecule has 6 heteroatoms. The van der Waals surface area contributed by atoms with Crippen LogP contribution in [0.25, 0.3) is 0 Å². The van der Waals surface area contributed by atoms with Gasteiger partial charge < -0.3 is 19.5 Å². The highest BCUT2D eigenvalue weighted by Crippen LogP contribution is 2.21. The van der Waals surface area contributed by atoms with Crippen molar-refractivity contribution >= 4 is 12.1 Å². The molecule has 0 aliphatic rings. The molecular formula is C20H31NO5. The summed E-state index contributed by atoms with van der Waals surface area (Å²) < 4.78 is 15.8. The molecule has 0 aromatic heterocycles. The van der Waals surface area contributed by atoms with Gasteiger partial charge in [-0.25, -0.2) is 9.59 Å². The predicted octanol–water partition coefficient (Wildman–Crippen LogP) is 4.24. The molecule has 26 heavy (non-hydrogen) atoms. The summed E-state index contributed by atoms with van der Waals surface area (Å²) in [6, 6.07) is 6.09. The Morgan fingerprint density at radius 1 is 1.15 bits per heavy atom. The molecule has 0 saturated carbocycles. The molecule has 0 spiro atoms. The Morgan fingerprint density at radius 2 is 1.77 bits per heavy atom. The van der Waals surface area contributed by atoms with Gasteiger partial charge in [0.05, 0.1) is 13.7 Å². The number of carbonyl (C=O) groups excluding carboxylic acids is 2. The minimum Gasteiger partial charge on any atom is -0.493 e. The number of benzene rings is 1. The molecule has 0 fully saturated rings. The van der Waals surface area contributed by atoms with E-state index < -0.39 is 23.7 Å². The van der Waals surface area contributed by atoms with E-state index >= 15 is 0 Å². The van der Waals surface area contributed by atoms with Crippen LogP contribution in [-0.4, -0.2) is 31.4 Å². The summed E-state index contributed by atoms with van der Waals surface area (Å²) in [5.74, 6) is 0.634. The minimum absolute atomic E-state index is 0.483. The molecule has 6 nitrogen and oxygen atoms in total. The monoisotopic (exact) mass is 365 g/mol. The first-order chi connectivity index (χ1) is 12.2. The van der Waals surface area contributed by atoms with Crippen molar-refractivity contribution < 1.29 is 23.8 Å². The zero-order valence-corrected chi connectivity index (χ0v) is 16.6. The highest BCUT2D eigenvalue weighted by Gasteiger charge is 2.26. The first-order valence-corrected chi connectivity index (χ1v) is 8.96. The van der Waals surface area contributed by atoms with Crippen molar-refractivity contribution in [3.8, 4) is 5.75 Å². The van der Waals surface area contributed by atoms with Gasteiger partial charge in [-0.1, -0.05) is 32.4 Å². The first-order valence-electron chi connectivity index (χ1n) is 8.96. The second kappa shape index (κ2) is 10.0. The number of hydrogen-bond donors (Lipinski definition) is 1. The third-order valence-electron chi connectivity index (χ3n) is 3.63. The lowest BCUT2D eigenvalue weighted by Gasteiger charge is -2.23. The highest BCUT2D eigenvalue weighted by atomic mass is 16.6. The van der Waals surface area contributed by atoms with Crippen molar-refractivity contribution in [1.82, 2.24) is 5.32 Å². The van der Waals surface area contributed by atoms with Crippen molar-refractivity contribution in [2.24, 2.45) is 5.92 Å². The van der Waals surface area contributed by atoms with E-state index in [-0.39, 0.29) is 0 Å². The molecule has 0 aliphatic carbocycles. The molecule has 146 valence electrons. The Labute approximate surface area is 156 Å². The van der Waals surface area contributed by atoms with Gasteiger partial charge in [0, 0.05) is 0 Å². The number of carbonyl (C=O) groups is 2. The highest BCUT2D eigenvalue weighted by molar-refractivity contribution is 5.82. The molecule has 1 aromatic rings. The van der Waals surface area contributed by atoms with E-state index in [2.05, 4.69) is 19.2 Å². The number of amides is 1. The third kappa shape index (κ3) is 7.76. The van der Waals surface area contributed by atoms with Crippen LogP contribution in [0.15, 0.2) is 24.3 Å². The maximum absolute atomic E-state index is 12.1. The van der Waals surface area contributed by atoms with Crippen LogP contribution in [0.1, 0.15) is 59.1 Å². The topological polar surface area (TPSA) is 73.9 Å². The Bertz CT molecular complexity index is 577. The van der Waals surface area contributed by atoms with E-state index in [9.17, 15) is 9.59 Å². The second-order valence-corrected chi connectivity index (χ2v) is 7.38. The normalized spacial score (nSPS) is 13.5. The van der Waals surface area contributed by atoms with E-state index in [0.717, 1.165) is 18.6 Å². The summed E-state index contributed by atoms with van der Waals surface area (Å²) in [4.78, 5) is 24.1. The average molecular weight is 365 g/mol. The van der Waals surface area contributed by atoms with Gasteiger partial charge >= 0.3 is 12.1 Å². The molecule has 1 rings (SSSR count). The maximum Gasteiger partial charge on any atom is 0.408 e. The molecule has 1 amide bonds. The van der Waals surface area contributed by atoms with Crippen LogP contribution in [-0.2, 0) is 14.3 Å². The van der Waals surface area contributed by atoms with Gasteiger partial charge in [-0.2, -0.15) is 0 Å². The van der Waals surface area contributed by atoms with Crippen molar-refractivity contribution in [2.75, 3.05) is 13.7 Å². The molecule has 1 N–H and O–H groups in total. The quantitative estimate of drug-likeness (QED) is 0.698. The lowest BCUT2D eigenvalue weighted by molar-refractivity contribution is -0.143. The van der Waals surface area contributed by atoms with Crippen LogP contribution in [0.2, 0.25) is 0 Å². The number of rotatable bonds is 8. The molecule has 0 heterocycles. The standard InChI is InChI=1S/C20H31NO5/c1-7-8-14(2)13-25-16-11-9-15(10-12-16)17(18(22)24-6)21-19(23)26-20(3,4)5/h9-12,14,17H,7-8,13H2,1-6H3,(H,21,23)/t14?,17-/m1/s1. The predicted molar refractivity (Wildman–Crippen MR) is 100 cm³/mol. The second-order valence-electron chi connectivity index (χ2n) is 7.38. The summed E-state index contributed by atoms with van der Waals surface area (Å²) >= 11 is 0. The van der Waals surface area contributed by atoms with Crippen LogP contribution in [0.4, 0.5) is 4.79 Å². The summed E-state index contributed by atoms with van der Waals surface area (Å²) in [6.07, 6.45) is 1.56. The zero-order chi connectivity index (χ0) is 19.7. The van der Waals surface area contributed by atoms with Gasteiger partial charge in [0.25, 0.3) is 0 Å². The number of ether oxygens (including phenoxy) is 3. The van der Waals surface area contributed by atoms with Crippen LogP contribution in [0.5, 0.6) is 5.75 Å². The van der Waals surface area contributed by atoms with E-state index in [1.165, 1.54) is 7.11 Å². The molecule has 1 unspecified atom stereocenters. The van der Waals surface area contributed by atoms with Crippen LogP contribution in [0, 0.1) is 5.92 Å². The van der Waals surface area contributed by atoms with Gasteiger partial charge in [0.1, 0.15) is 11.4 Å². The summed E-state index contributed by atoms with van der Waals surface area (Å²) in [6.45, 7) is 10.2. The fourth-order valence-electron chi connectivity index (χ4n) is 2.39. The molecule has 1 aromatic carbocycles. The van der Waals surface area contributed by atoms with Gasteiger partial charge in [-0.3, -0.25) is 0 Å². The third-order valence-corrected chi connectivity index (χ3v) is 3.63. The molecule has 0 bridgehead atoms. The molecular weight excluding hydrogens is 334 g/mol. The number of methoxy groups -OCH3 is 1. The van der Waals surface area contributed by atoms with Crippen molar-refractivity contribution in [1.29, 1.82) is 0 Å². The number of esters is 1. The van der Waals surface area contributed by atoms with Crippen LogP contribution >= 0.6 is 0 Å². The summed E-state index contributed by atoms with van der Waals surface area (Å²) in [7, 11) is 1.28. The Kier molecular flexibility index (Phi) is 8.42. The zero-order valence-electron chi connectivity index (χ0n) is 16.6. The van der Waals surface area contributed by atoms with E-state index in [1.807, 2.05) is 0 Å². The number of hydrogen-bond acceptors (Lipinski definition) is 5. The fourth-order valence-corrected chi connectivity index (χ4v) is 2.39. The molecule has 0 aliphatic heterocycles. The maximum atomic E-state index is 12.1. The Morgan fingerprint density at radius 3 is 2.27 bits per heavy atom. The summed E-state index contributed by atoms with van der Waals surface area (Å²) in [5.41, 5.74) is -0.0610. The minimum atomic E-state index is -0.942. The molecule has 0 radical (unpaired) electrons. The number of alkyl carbamates (subject to hydrolysis) is 1. The van der Waals surface area contributed by atoms with Gasteiger partial charge in [0.15, 0.2) is 6.04 Å². The first kappa shape index (κ1) is 21.8.